The molecule has 0 atom stereocenters. The predicted octanol–water partition coefficient (Wildman–Crippen LogP) is 3.83. The standard InChI is InChI=1S/C22H30N2O2S/c1-2-6-19-9-11-22(12-10-19)27(25,26)23-17-20-13-15-24(16-14-20)18-21-7-4-3-5-8-21/h3-5,7-12,20,23H,2,6,13-18H2,1H3. The minimum absolute atomic E-state index is 0.365. The summed E-state index contributed by atoms with van der Waals surface area (Å²) in [5, 5.41) is 0. The largest absolute Gasteiger partial charge is 0.299 e. The van der Waals surface area contributed by atoms with Crippen molar-refractivity contribution in [1.29, 1.82) is 0 Å². The van der Waals surface area contributed by atoms with Gasteiger partial charge in [-0.3, -0.25) is 4.90 Å². The highest BCUT2D eigenvalue weighted by Gasteiger charge is 2.22. The van der Waals surface area contributed by atoms with Crippen molar-refractivity contribution < 1.29 is 8.42 Å². The zero-order chi connectivity index (χ0) is 19.1. The average Bonchev–Trinajstić information content (AvgIpc) is 2.69. The van der Waals surface area contributed by atoms with Gasteiger partial charge in [-0.2, -0.15) is 0 Å². The maximum Gasteiger partial charge on any atom is 0.240 e. The van der Waals surface area contributed by atoms with Crippen LogP contribution in [0.15, 0.2) is 59.5 Å². The quantitative estimate of drug-likeness (QED) is 0.750. The first-order chi connectivity index (χ1) is 13.1. The topological polar surface area (TPSA) is 49.4 Å². The van der Waals surface area contributed by atoms with Gasteiger partial charge in [0.2, 0.25) is 10.0 Å². The second-order valence-corrected chi connectivity index (χ2v) is 9.22. The molecule has 2 aromatic rings. The Morgan fingerprint density at radius 3 is 2.26 bits per heavy atom. The number of hydrogen-bond donors (Lipinski definition) is 1. The van der Waals surface area contributed by atoms with Gasteiger partial charge in [0.15, 0.2) is 0 Å². The van der Waals surface area contributed by atoms with Crippen LogP contribution >= 0.6 is 0 Å². The van der Waals surface area contributed by atoms with Gasteiger partial charge in [0.1, 0.15) is 0 Å². The first-order valence-electron chi connectivity index (χ1n) is 9.91. The van der Waals surface area contributed by atoms with E-state index in [2.05, 4.69) is 40.8 Å². The predicted molar refractivity (Wildman–Crippen MR) is 110 cm³/mol. The van der Waals surface area contributed by atoms with Gasteiger partial charge < -0.3 is 0 Å². The summed E-state index contributed by atoms with van der Waals surface area (Å²) in [6.07, 6.45) is 4.11. The van der Waals surface area contributed by atoms with Crippen molar-refractivity contribution in [2.24, 2.45) is 5.92 Å². The van der Waals surface area contributed by atoms with E-state index in [9.17, 15) is 8.42 Å². The summed E-state index contributed by atoms with van der Waals surface area (Å²) in [6.45, 7) is 5.67. The highest BCUT2D eigenvalue weighted by molar-refractivity contribution is 7.89. The number of sulfonamides is 1. The molecular weight excluding hydrogens is 356 g/mol. The summed E-state index contributed by atoms with van der Waals surface area (Å²) < 4.78 is 27.9. The molecule has 1 N–H and O–H groups in total. The molecule has 0 spiro atoms. The van der Waals surface area contributed by atoms with Gasteiger partial charge in [-0.1, -0.05) is 55.8 Å². The van der Waals surface area contributed by atoms with Gasteiger partial charge in [-0.15, -0.1) is 0 Å². The lowest BCUT2D eigenvalue weighted by molar-refractivity contribution is 0.178. The van der Waals surface area contributed by atoms with Gasteiger partial charge in [-0.05, 0) is 61.5 Å². The third-order valence-electron chi connectivity index (χ3n) is 5.29. The van der Waals surface area contributed by atoms with E-state index in [1.807, 2.05) is 18.2 Å². The molecule has 1 aliphatic heterocycles. The Morgan fingerprint density at radius 1 is 0.963 bits per heavy atom. The number of piperidine rings is 1. The minimum Gasteiger partial charge on any atom is -0.299 e. The Morgan fingerprint density at radius 2 is 1.63 bits per heavy atom. The normalized spacial score (nSPS) is 16.5. The van der Waals surface area contributed by atoms with E-state index in [0.29, 0.717) is 17.4 Å². The highest BCUT2D eigenvalue weighted by Crippen LogP contribution is 2.19. The molecule has 0 aliphatic carbocycles. The lowest BCUT2D eigenvalue weighted by Crippen LogP contribution is -2.38. The molecular formula is C22H30N2O2S. The first-order valence-corrected chi connectivity index (χ1v) is 11.4. The molecule has 0 saturated carbocycles. The van der Waals surface area contributed by atoms with Crippen LogP contribution in [0.1, 0.15) is 37.3 Å². The van der Waals surface area contributed by atoms with Crippen molar-refractivity contribution in [3.63, 3.8) is 0 Å². The fraction of sp³-hybridized carbons (Fsp3) is 0.455. The fourth-order valence-corrected chi connectivity index (χ4v) is 4.74. The van der Waals surface area contributed by atoms with Crippen LogP contribution in [0.5, 0.6) is 0 Å². The molecule has 0 aromatic heterocycles. The van der Waals surface area contributed by atoms with Crippen LogP contribution < -0.4 is 4.72 Å². The van der Waals surface area contributed by atoms with Gasteiger partial charge >= 0.3 is 0 Å². The Bertz CT molecular complexity index is 796. The van der Waals surface area contributed by atoms with Gasteiger partial charge in [-0.25, -0.2) is 13.1 Å². The molecule has 4 nitrogen and oxygen atoms in total. The molecule has 27 heavy (non-hydrogen) atoms. The third-order valence-corrected chi connectivity index (χ3v) is 6.73. The third kappa shape index (κ3) is 5.89. The Hall–Kier alpha value is -1.69. The van der Waals surface area contributed by atoms with Gasteiger partial charge in [0, 0.05) is 13.1 Å². The number of hydrogen-bond acceptors (Lipinski definition) is 3. The van der Waals surface area contributed by atoms with Gasteiger partial charge in [0.05, 0.1) is 4.90 Å². The smallest absolute Gasteiger partial charge is 0.240 e. The summed E-state index contributed by atoms with van der Waals surface area (Å²) >= 11 is 0. The van der Waals surface area contributed by atoms with Crippen molar-refractivity contribution in [1.82, 2.24) is 9.62 Å². The van der Waals surface area contributed by atoms with E-state index in [-0.39, 0.29) is 0 Å². The van der Waals surface area contributed by atoms with Crippen molar-refractivity contribution in [3.05, 3.63) is 65.7 Å². The molecule has 1 aliphatic rings. The molecule has 0 bridgehead atoms. The Labute approximate surface area is 163 Å². The molecule has 3 rings (SSSR count). The van der Waals surface area contributed by atoms with Crippen molar-refractivity contribution in [2.75, 3.05) is 19.6 Å². The molecule has 5 heteroatoms. The van der Waals surface area contributed by atoms with E-state index in [0.717, 1.165) is 45.3 Å². The van der Waals surface area contributed by atoms with Crippen LogP contribution in [0.3, 0.4) is 0 Å². The van der Waals surface area contributed by atoms with E-state index >= 15 is 0 Å². The van der Waals surface area contributed by atoms with Crippen LogP contribution in [0.4, 0.5) is 0 Å². The van der Waals surface area contributed by atoms with Crippen molar-refractivity contribution in [2.45, 2.75) is 44.0 Å². The Kier molecular flexibility index (Phi) is 7.05. The second-order valence-electron chi connectivity index (χ2n) is 7.45. The van der Waals surface area contributed by atoms with E-state index < -0.39 is 10.0 Å². The molecule has 1 heterocycles. The number of aryl methyl sites for hydroxylation is 1. The summed E-state index contributed by atoms with van der Waals surface area (Å²) in [5.74, 6) is 0.408. The second kappa shape index (κ2) is 9.49. The summed E-state index contributed by atoms with van der Waals surface area (Å²) in [7, 11) is -3.42. The van der Waals surface area contributed by atoms with Crippen molar-refractivity contribution >= 4 is 10.0 Å². The highest BCUT2D eigenvalue weighted by atomic mass is 32.2. The molecule has 1 saturated heterocycles. The minimum atomic E-state index is -3.42. The maximum atomic E-state index is 12.5. The van der Waals surface area contributed by atoms with Crippen LogP contribution in [-0.4, -0.2) is 33.0 Å². The van der Waals surface area contributed by atoms with Crippen LogP contribution in [0.2, 0.25) is 0 Å². The number of nitrogens with zero attached hydrogens (tertiary/aromatic N) is 1. The fourth-order valence-electron chi connectivity index (χ4n) is 3.63. The lowest BCUT2D eigenvalue weighted by atomic mass is 9.97. The van der Waals surface area contributed by atoms with E-state index in [4.69, 9.17) is 0 Å². The number of likely N-dealkylation sites (tertiary alicyclic amines) is 1. The summed E-state index contributed by atoms with van der Waals surface area (Å²) in [4.78, 5) is 2.82. The van der Waals surface area contributed by atoms with E-state index in [1.165, 1.54) is 11.1 Å². The average molecular weight is 387 g/mol. The number of rotatable bonds is 8. The lowest BCUT2D eigenvalue weighted by Gasteiger charge is -2.32. The molecule has 1 fully saturated rings. The number of nitrogens with one attached hydrogen (secondary N) is 1. The SMILES string of the molecule is CCCc1ccc(S(=O)(=O)NCC2CCN(Cc3ccccc3)CC2)cc1. The zero-order valence-electron chi connectivity index (χ0n) is 16.1. The van der Waals surface area contributed by atoms with Crippen LogP contribution in [-0.2, 0) is 23.0 Å². The molecule has 0 amide bonds. The summed E-state index contributed by atoms with van der Waals surface area (Å²) in [5.41, 5.74) is 2.52. The number of benzene rings is 2. The molecule has 0 radical (unpaired) electrons. The first kappa shape index (κ1) is 20.1. The maximum absolute atomic E-state index is 12.5. The zero-order valence-corrected chi connectivity index (χ0v) is 16.9. The summed E-state index contributed by atoms with van der Waals surface area (Å²) in [6, 6.07) is 17.8. The Balaban J connectivity index is 1.46. The molecule has 0 unspecified atom stereocenters. The van der Waals surface area contributed by atoms with Gasteiger partial charge in [0.25, 0.3) is 0 Å². The molecule has 2 aromatic carbocycles. The molecule has 146 valence electrons. The van der Waals surface area contributed by atoms with Crippen LogP contribution in [0.25, 0.3) is 0 Å². The van der Waals surface area contributed by atoms with Crippen molar-refractivity contribution in [3.8, 4) is 0 Å². The monoisotopic (exact) mass is 386 g/mol. The van der Waals surface area contributed by atoms with E-state index in [1.54, 1.807) is 12.1 Å². The van der Waals surface area contributed by atoms with Crippen LogP contribution in [0, 0.1) is 5.92 Å².